The lowest BCUT2D eigenvalue weighted by molar-refractivity contribution is 0.0665. The fourth-order valence-electron chi connectivity index (χ4n) is 7.10. The number of carbonyl (C=O) groups excluding carboxylic acids is 3. The molecule has 0 saturated carbocycles. The van der Waals surface area contributed by atoms with Gasteiger partial charge in [0.05, 0.1) is 20.3 Å². The van der Waals surface area contributed by atoms with Crippen molar-refractivity contribution in [3.05, 3.63) is 131 Å². The number of rotatable bonds is 5. The number of Topliss-reactive ketones (excluding diaryl/α,β-unsaturated/α-hetero) is 3. The molecule has 2 heterocycles. The average Bonchev–Trinajstić information content (AvgIpc) is 3.46. The van der Waals surface area contributed by atoms with Crippen molar-refractivity contribution in [1.29, 1.82) is 0 Å². The monoisotopic (exact) mass is 559 g/mol. The summed E-state index contributed by atoms with van der Waals surface area (Å²) in [6.07, 6.45) is 3.52. The zero-order valence-corrected chi connectivity index (χ0v) is 22.9. The highest BCUT2D eigenvalue weighted by molar-refractivity contribution is 6.32. The maximum atomic E-state index is 14.8. The number of fused-ring (bicyclic) bond motifs is 5. The smallest absolute Gasteiger partial charge is 0.186 e. The molecule has 0 radical (unpaired) electrons. The van der Waals surface area contributed by atoms with Crippen LogP contribution in [0.1, 0.15) is 48.1 Å². The molecular weight excluding hydrogens is 533 g/mol. The van der Waals surface area contributed by atoms with Crippen molar-refractivity contribution < 1.29 is 28.2 Å². The fraction of sp³-hybridized carbons (Fsp3) is 0.171. The summed E-state index contributed by atoms with van der Waals surface area (Å²) < 4.78 is 25.4. The van der Waals surface area contributed by atoms with Gasteiger partial charge in [-0.25, -0.2) is 4.39 Å². The van der Waals surface area contributed by atoms with E-state index in [-0.39, 0.29) is 17.3 Å². The topological polar surface area (TPSA) is 72.9 Å². The lowest BCUT2D eigenvalue weighted by atomic mass is 9.64. The summed E-state index contributed by atoms with van der Waals surface area (Å²) in [5, 5.41) is 0. The van der Waals surface area contributed by atoms with Crippen LogP contribution in [-0.4, -0.2) is 43.7 Å². The number of ketones is 3. The highest BCUT2D eigenvalue weighted by atomic mass is 19.1. The van der Waals surface area contributed by atoms with Crippen molar-refractivity contribution in [3.63, 3.8) is 0 Å². The van der Waals surface area contributed by atoms with E-state index in [1.807, 2.05) is 11.0 Å². The fourth-order valence-corrected chi connectivity index (χ4v) is 7.10. The minimum absolute atomic E-state index is 0.286. The summed E-state index contributed by atoms with van der Waals surface area (Å²) in [6.45, 7) is 0. The molecule has 2 aliphatic heterocycles. The second-order valence-electron chi connectivity index (χ2n) is 10.8. The van der Waals surface area contributed by atoms with E-state index in [0.29, 0.717) is 45.0 Å². The molecule has 1 unspecified atom stereocenters. The number of nitrogens with zero attached hydrogens (tertiary/aromatic N) is 1. The van der Waals surface area contributed by atoms with Crippen LogP contribution >= 0.6 is 0 Å². The van der Waals surface area contributed by atoms with E-state index in [9.17, 15) is 18.8 Å². The molecule has 6 nitrogen and oxygen atoms in total. The Labute approximate surface area is 242 Å². The molecule has 0 N–H and O–H groups in total. The highest BCUT2D eigenvalue weighted by Gasteiger charge is 2.71. The molecule has 1 fully saturated rings. The van der Waals surface area contributed by atoms with Crippen LogP contribution in [0.5, 0.6) is 11.5 Å². The van der Waals surface area contributed by atoms with Gasteiger partial charge in [0.25, 0.3) is 0 Å². The Hall–Kier alpha value is -5.04. The third-order valence-corrected chi connectivity index (χ3v) is 8.84. The normalized spacial score (nSPS) is 21.2. The molecule has 1 aliphatic carbocycles. The van der Waals surface area contributed by atoms with Gasteiger partial charge in [0.15, 0.2) is 17.3 Å². The van der Waals surface area contributed by atoms with Gasteiger partial charge in [0, 0.05) is 33.9 Å². The Bertz CT molecular complexity index is 1790. The number of benzene rings is 4. The summed E-state index contributed by atoms with van der Waals surface area (Å²) in [5.41, 5.74) is 1.15. The molecule has 208 valence electrons. The highest BCUT2D eigenvalue weighted by Crippen LogP contribution is 2.61. The molecular formula is C35H26FNO5. The second-order valence-corrected chi connectivity index (χ2v) is 10.8. The van der Waals surface area contributed by atoms with Gasteiger partial charge in [0.1, 0.15) is 28.8 Å². The number of hydrogen-bond donors (Lipinski definition) is 0. The van der Waals surface area contributed by atoms with E-state index >= 15 is 0 Å². The van der Waals surface area contributed by atoms with Crippen LogP contribution in [0, 0.1) is 11.2 Å². The Kier molecular flexibility index (Phi) is 5.87. The van der Waals surface area contributed by atoms with Crippen LogP contribution in [0.2, 0.25) is 0 Å². The van der Waals surface area contributed by atoms with E-state index in [1.165, 1.54) is 19.2 Å². The van der Waals surface area contributed by atoms with Crippen LogP contribution in [0.3, 0.4) is 0 Å². The first-order chi connectivity index (χ1) is 20.4. The van der Waals surface area contributed by atoms with Gasteiger partial charge in [0.2, 0.25) is 0 Å². The van der Waals surface area contributed by atoms with Gasteiger partial charge < -0.3 is 14.4 Å². The maximum Gasteiger partial charge on any atom is 0.186 e. The maximum absolute atomic E-state index is 14.8. The molecule has 3 atom stereocenters. The van der Waals surface area contributed by atoms with Crippen molar-refractivity contribution in [2.75, 3.05) is 19.1 Å². The number of methoxy groups -OCH3 is 2. The van der Waals surface area contributed by atoms with Gasteiger partial charge in [-0.3, -0.25) is 14.4 Å². The molecule has 4 aromatic rings. The SMILES string of the molecule is COc1cccc(C(=O)[C@H]2[C@H](c3cccc(OC)c3)C3(C(=O)c4ccccc4C3=O)C3C=Cc4cc(F)ccc4N32)c1. The van der Waals surface area contributed by atoms with Crippen LogP contribution in [0.4, 0.5) is 10.1 Å². The third kappa shape index (κ3) is 3.46. The minimum Gasteiger partial charge on any atom is -0.497 e. The average molecular weight is 560 g/mol. The molecule has 3 aliphatic rings. The quantitative estimate of drug-likeness (QED) is 0.216. The van der Waals surface area contributed by atoms with Crippen molar-refractivity contribution in [2.24, 2.45) is 5.41 Å². The molecule has 0 amide bonds. The molecule has 42 heavy (non-hydrogen) atoms. The molecule has 1 saturated heterocycles. The van der Waals surface area contributed by atoms with E-state index in [2.05, 4.69) is 0 Å². The standard InChI is InChI=1S/C35H26FNO5/c1-41-24-9-5-7-21(18-24)30-31(32(38)22-8-6-10-25(19-22)42-2)37-28-15-14-23(36)17-20(28)13-16-29(37)35(30)33(39)26-11-3-4-12-27(26)34(35)40/h3-19,29-31H,1-2H3/t29?,30-,31+/m0/s1. The summed E-state index contributed by atoms with van der Waals surface area (Å²) in [6, 6.07) is 23.4. The number of halogens is 1. The van der Waals surface area contributed by atoms with Gasteiger partial charge in [-0.05, 0) is 48.0 Å². The van der Waals surface area contributed by atoms with Crippen LogP contribution in [0.15, 0.2) is 97.1 Å². The van der Waals surface area contributed by atoms with Gasteiger partial charge in [-0.1, -0.05) is 60.7 Å². The zero-order chi connectivity index (χ0) is 29.2. The van der Waals surface area contributed by atoms with Crippen molar-refractivity contribution in [3.8, 4) is 11.5 Å². The second kappa shape index (κ2) is 9.52. The van der Waals surface area contributed by atoms with Gasteiger partial charge >= 0.3 is 0 Å². The Morgan fingerprint density at radius 1 is 0.810 bits per heavy atom. The predicted molar refractivity (Wildman–Crippen MR) is 156 cm³/mol. The van der Waals surface area contributed by atoms with Crippen LogP contribution < -0.4 is 14.4 Å². The van der Waals surface area contributed by atoms with E-state index in [4.69, 9.17) is 9.47 Å². The van der Waals surface area contributed by atoms with E-state index in [1.54, 1.807) is 92.1 Å². The molecule has 4 aromatic carbocycles. The minimum atomic E-state index is -1.65. The van der Waals surface area contributed by atoms with Crippen molar-refractivity contribution in [2.45, 2.75) is 18.0 Å². The van der Waals surface area contributed by atoms with E-state index in [0.717, 1.165) is 0 Å². The Balaban J connectivity index is 1.55. The zero-order valence-electron chi connectivity index (χ0n) is 22.9. The predicted octanol–water partition coefficient (Wildman–Crippen LogP) is 6.16. The van der Waals surface area contributed by atoms with Crippen molar-refractivity contribution >= 4 is 29.1 Å². The number of carbonyl (C=O) groups is 3. The molecule has 1 spiro atoms. The first kappa shape index (κ1) is 25.9. The van der Waals surface area contributed by atoms with Gasteiger partial charge in [-0.15, -0.1) is 0 Å². The van der Waals surface area contributed by atoms with Crippen molar-refractivity contribution in [1.82, 2.24) is 0 Å². The molecule has 0 aromatic heterocycles. The van der Waals surface area contributed by atoms with E-state index < -0.39 is 29.2 Å². The van der Waals surface area contributed by atoms with Gasteiger partial charge in [-0.2, -0.15) is 0 Å². The summed E-state index contributed by atoms with van der Waals surface area (Å²) in [4.78, 5) is 46.0. The molecule has 7 rings (SSSR count). The lowest BCUT2D eigenvalue weighted by Gasteiger charge is -2.37. The summed E-state index contributed by atoms with van der Waals surface area (Å²) in [5.74, 6) is -1.23. The lowest BCUT2D eigenvalue weighted by Crippen LogP contribution is -2.48. The largest absolute Gasteiger partial charge is 0.497 e. The number of hydrogen-bond acceptors (Lipinski definition) is 6. The third-order valence-electron chi connectivity index (χ3n) is 8.84. The first-order valence-corrected chi connectivity index (χ1v) is 13.7. The molecule has 7 heteroatoms. The summed E-state index contributed by atoms with van der Waals surface area (Å²) in [7, 11) is 3.07. The number of ether oxygens (including phenoxy) is 2. The molecule has 0 bridgehead atoms. The van der Waals surface area contributed by atoms with Crippen LogP contribution in [-0.2, 0) is 0 Å². The van der Waals surface area contributed by atoms with Crippen LogP contribution in [0.25, 0.3) is 6.08 Å². The Morgan fingerprint density at radius 3 is 2.17 bits per heavy atom. The number of anilines is 1. The summed E-state index contributed by atoms with van der Waals surface area (Å²) >= 11 is 0. The Morgan fingerprint density at radius 2 is 1.48 bits per heavy atom. The first-order valence-electron chi connectivity index (χ1n) is 13.7.